The molecule has 1 aliphatic carbocycles. The Labute approximate surface area is 243 Å². The molecule has 0 bridgehead atoms. The number of methoxy groups -OCH3 is 1. The van der Waals surface area contributed by atoms with Crippen LogP contribution in [0.15, 0.2) is 77.7 Å². The van der Waals surface area contributed by atoms with Crippen LogP contribution in [-0.4, -0.2) is 50.9 Å². The highest BCUT2D eigenvalue weighted by Crippen LogP contribution is 2.32. The van der Waals surface area contributed by atoms with Gasteiger partial charge in [0.2, 0.25) is 11.8 Å². The summed E-state index contributed by atoms with van der Waals surface area (Å²) in [4.78, 5) is 29.0. The van der Waals surface area contributed by atoms with Gasteiger partial charge in [0.05, 0.1) is 17.7 Å². The van der Waals surface area contributed by atoms with E-state index in [0.29, 0.717) is 5.75 Å². The molecule has 2 amide bonds. The molecule has 0 radical (unpaired) electrons. The van der Waals surface area contributed by atoms with Crippen molar-refractivity contribution in [1.29, 1.82) is 0 Å². The van der Waals surface area contributed by atoms with Gasteiger partial charge in [-0.3, -0.25) is 13.9 Å². The Morgan fingerprint density at radius 2 is 1.51 bits per heavy atom. The van der Waals surface area contributed by atoms with Crippen molar-refractivity contribution in [1.82, 2.24) is 10.2 Å². The van der Waals surface area contributed by atoms with Gasteiger partial charge in [0.25, 0.3) is 10.0 Å². The molecule has 0 aromatic heterocycles. The van der Waals surface area contributed by atoms with Crippen LogP contribution < -0.4 is 14.4 Å². The van der Waals surface area contributed by atoms with Gasteiger partial charge in [-0.1, -0.05) is 72.5 Å². The van der Waals surface area contributed by atoms with Gasteiger partial charge < -0.3 is 15.0 Å². The summed E-state index contributed by atoms with van der Waals surface area (Å²) in [6, 6.07) is 20.2. The van der Waals surface area contributed by atoms with Crippen LogP contribution >= 0.6 is 0 Å². The summed E-state index contributed by atoms with van der Waals surface area (Å²) in [5.41, 5.74) is 3.07. The van der Waals surface area contributed by atoms with E-state index in [2.05, 4.69) is 5.32 Å². The van der Waals surface area contributed by atoms with Crippen LogP contribution in [0.4, 0.5) is 5.69 Å². The molecular weight excluding hydrogens is 538 g/mol. The highest BCUT2D eigenvalue weighted by Gasteiger charge is 2.34. The van der Waals surface area contributed by atoms with Crippen molar-refractivity contribution in [2.75, 3.05) is 18.0 Å². The fraction of sp³-hybridized carbons (Fsp3) is 0.375. The predicted octanol–water partition coefficient (Wildman–Crippen LogP) is 4.98. The molecule has 0 unspecified atom stereocenters. The molecule has 1 saturated carbocycles. The number of benzene rings is 3. The Morgan fingerprint density at radius 3 is 2.12 bits per heavy atom. The van der Waals surface area contributed by atoms with Crippen molar-refractivity contribution in [2.24, 2.45) is 0 Å². The number of carbonyl (C=O) groups excluding carboxylic acids is 2. The molecule has 0 saturated heterocycles. The molecule has 0 spiro atoms. The normalized spacial score (nSPS) is 14.3. The largest absolute Gasteiger partial charge is 0.495 e. The third kappa shape index (κ3) is 7.27. The van der Waals surface area contributed by atoms with Crippen LogP contribution in [0.25, 0.3) is 0 Å². The van der Waals surface area contributed by atoms with Crippen molar-refractivity contribution in [3.05, 3.63) is 89.5 Å². The maximum Gasteiger partial charge on any atom is 0.264 e. The minimum atomic E-state index is -4.17. The summed E-state index contributed by atoms with van der Waals surface area (Å²) < 4.78 is 34.6. The fourth-order valence-electron chi connectivity index (χ4n) is 5.05. The van der Waals surface area contributed by atoms with Crippen molar-refractivity contribution < 1.29 is 22.7 Å². The van der Waals surface area contributed by atoms with E-state index < -0.39 is 28.5 Å². The zero-order chi connectivity index (χ0) is 29.6. The topological polar surface area (TPSA) is 96.0 Å². The SMILES string of the molecule is COc1ccccc1N(CC(=O)N(Cc1ccc(C)cc1)[C@H](C)C(=O)NC1CCCC1)S(=O)(=O)c1ccc(C)cc1. The lowest BCUT2D eigenvalue weighted by atomic mass is 10.1. The number of nitrogens with one attached hydrogen (secondary N) is 1. The molecule has 1 fully saturated rings. The number of aryl methyl sites for hydroxylation is 2. The number of ether oxygens (including phenoxy) is 1. The Morgan fingerprint density at radius 1 is 0.927 bits per heavy atom. The summed E-state index contributed by atoms with van der Waals surface area (Å²) in [5, 5.41) is 3.09. The quantitative estimate of drug-likeness (QED) is 0.347. The van der Waals surface area contributed by atoms with E-state index in [0.717, 1.165) is 46.7 Å². The third-order valence-electron chi connectivity index (χ3n) is 7.58. The smallest absolute Gasteiger partial charge is 0.264 e. The first-order valence-corrected chi connectivity index (χ1v) is 15.4. The minimum Gasteiger partial charge on any atom is -0.495 e. The molecule has 0 aliphatic heterocycles. The molecule has 1 atom stereocenters. The molecule has 8 nitrogen and oxygen atoms in total. The van der Waals surface area contributed by atoms with Gasteiger partial charge >= 0.3 is 0 Å². The second-order valence-corrected chi connectivity index (χ2v) is 12.5. The Hall–Kier alpha value is -3.85. The highest BCUT2D eigenvalue weighted by atomic mass is 32.2. The number of para-hydroxylation sites is 2. The number of sulfonamides is 1. The van der Waals surface area contributed by atoms with Gasteiger partial charge in [-0.25, -0.2) is 8.42 Å². The number of amides is 2. The maximum atomic E-state index is 14.1. The molecule has 1 N–H and O–H groups in total. The summed E-state index contributed by atoms with van der Waals surface area (Å²) in [7, 11) is -2.72. The van der Waals surface area contributed by atoms with E-state index >= 15 is 0 Å². The average molecular weight is 578 g/mol. The summed E-state index contributed by atoms with van der Waals surface area (Å²) >= 11 is 0. The average Bonchev–Trinajstić information content (AvgIpc) is 3.48. The second kappa shape index (κ2) is 13.2. The number of hydrogen-bond donors (Lipinski definition) is 1. The number of anilines is 1. The van der Waals surface area contributed by atoms with Gasteiger partial charge in [-0.2, -0.15) is 0 Å². The predicted molar refractivity (Wildman–Crippen MR) is 160 cm³/mol. The second-order valence-electron chi connectivity index (χ2n) is 10.7. The lowest BCUT2D eigenvalue weighted by Gasteiger charge is -2.33. The Kier molecular flexibility index (Phi) is 9.70. The minimum absolute atomic E-state index is 0.0546. The summed E-state index contributed by atoms with van der Waals surface area (Å²) in [6.45, 7) is 5.19. The Balaban J connectivity index is 1.71. The molecule has 0 heterocycles. The first-order chi connectivity index (χ1) is 19.6. The standard InChI is InChI=1S/C32H39N3O5S/c1-23-13-17-26(18-14-23)21-34(25(3)32(37)33-27-9-5-6-10-27)31(36)22-35(29-11-7-8-12-30(29)40-4)41(38,39)28-19-15-24(2)16-20-28/h7-8,11-20,25,27H,5-6,9-10,21-22H2,1-4H3,(H,33,37)/t25-/m1/s1. The van der Waals surface area contributed by atoms with Gasteiger partial charge in [0, 0.05) is 12.6 Å². The van der Waals surface area contributed by atoms with E-state index in [1.807, 2.05) is 38.1 Å². The van der Waals surface area contributed by atoms with Crippen molar-refractivity contribution in [3.8, 4) is 5.75 Å². The molecule has 41 heavy (non-hydrogen) atoms. The molecular formula is C32H39N3O5S. The molecule has 4 rings (SSSR count). The van der Waals surface area contributed by atoms with Crippen molar-refractivity contribution >= 4 is 27.5 Å². The molecule has 3 aromatic carbocycles. The number of hydrogen-bond acceptors (Lipinski definition) is 5. The lowest BCUT2D eigenvalue weighted by Crippen LogP contribution is -2.52. The van der Waals surface area contributed by atoms with E-state index in [1.165, 1.54) is 24.1 Å². The van der Waals surface area contributed by atoms with Crippen LogP contribution in [0.3, 0.4) is 0 Å². The number of rotatable bonds is 11. The van der Waals surface area contributed by atoms with Crippen molar-refractivity contribution in [3.63, 3.8) is 0 Å². The highest BCUT2D eigenvalue weighted by molar-refractivity contribution is 7.92. The zero-order valence-electron chi connectivity index (χ0n) is 24.2. The van der Waals surface area contributed by atoms with Crippen LogP contribution in [-0.2, 0) is 26.2 Å². The van der Waals surface area contributed by atoms with Gasteiger partial charge in [0.15, 0.2) is 0 Å². The lowest BCUT2D eigenvalue weighted by molar-refractivity contribution is -0.139. The number of carbonyl (C=O) groups is 2. The van der Waals surface area contributed by atoms with E-state index in [4.69, 9.17) is 4.74 Å². The van der Waals surface area contributed by atoms with E-state index in [9.17, 15) is 18.0 Å². The van der Waals surface area contributed by atoms with Crippen molar-refractivity contribution in [2.45, 2.75) is 70.0 Å². The number of nitrogens with zero attached hydrogens (tertiary/aromatic N) is 2. The maximum absolute atomic E-state index is 14.1. The van der Waals surface area contributed by atoms with E-state index in [1.54, 1.807) is 43.3 Å². The zero-order valence-corrected chi connectivity index (χ0v) is 25.0. The third-order valence-corrected chi connectivity index (χ3v) is 9.36. The fourth-order valence-corrected chi connectivity index (χ4v) is 6.48. The van der Waals surface area contributed by atoms with Crippen LogP contribution in [0, 0.1) is 13.8 Å². The molecule has 9 heteroatoms. The first kappa shape index (κ1) is 30.1. The van der Waals surface area contributed by atoms with Gasteiger partial charge in [-0.05, 0) is 63.4 Å². The Bertz CT molecular complexity index is 1450. The molecule has 218 valence electrons. The summed E-state index contributed by atoms with van der Waals surface area (Å²) in [5.74, 6) is -0.433. The van der Waals surface area contributed by atoms with Crippen LogP contribution in [0.5, 0.6) is 5.75 Å². The van der Waals surface area contributed by atoms with Gasteiger partial charge in [0.1, 0.15) is 18.3 Å². The van der Waals surface area contributed by atoms with Crippen LogP contribution in [0.2, 0.25) is 0 Å². The monoisotopic (exact) mass is 577 g/mol. The van der Waals surface area contributed by atoms with Crippen LogP contribution in [0.1, 0.15) is 49.3 Å². The van der Waals surface area contributed by atoms with Gasteiger partial charge in [-0.15, -0.1) is 0 Å². The first-order valence-electron chi connectivity index (χ1n) is 14.0. The molecule has 1 aliphatic rings. The van der Waals surface area contributed by atoms with E-state index in [-0.39, 0.29) is 29.1 Å². The molecule has 3 aromatic rings. The summed E-state index contributed by atoms with van der Waals surface area (Å²) in [6.07, 6.45) is 3.97.